The predicted molar refractivity (Wildman–Crippen MR) is 90.8 cm³/mol. The lowest BCUT2D eigenvalue weighted by Crippen LogP contribution is -2.31. The fourth-order valence-electron chi connectivity index (χ4n) is 2.10. The minimum Gasteiger partial charge on any atom is -0.479 e. The monoisotopic (exact) mass is 416 g/mol. The molecular formula is C15H14BrClN2O5. The van der Waals surface area contributed by atoms with Crippen LogP contribution in [0.2, 0.25) is 5.02 Å². The smallest absolute Gasteiger partial charge is 0.341 e. The van der Waals surface area contributed by atoms with E-state index in [0.29, 0.717) is 23.0 Å². The first-order valence-electron chi connectivity index (χ1n) is 7.01. The molecule has 0 aliphatic carbocycles. The molecule has 1 aliphatic heterocycles. The Kier molecular flexibility index (Phi) is 5.84. The second-order valence-corrected chi connectivity index (χ2v) is 6.20. The van der Waals surface area contributed by atoms with Gasteiger partial charge < -0.3 is 15.2 Å². The first-order chi connectivity index (χ1) is 11.3. The molecule has 128 valence electrons. The van der Waals surface area contributed by atoms with Crippen LogP contribution in [0.5, 0.6) is 5.75 Å². The number of amides is 3. The van der Waals surface area contributed by atoms with Gasteiger partial charge in [-0.25, -0.2) is 9.59 Å². The maximum absolute atomic E-state index is 12.2. The molecular weight excluding hydrogens is 404 g/mol. The van der Waals surface area contributed by atoms with Gasteiger partial charge in [0.25, 0.3) is 5.91 Å². The summed E-state index contributed by atoms with van der Waals surface area (Å²) in [6.45, 7) is 1.68. The quantitative estimate of drug-likeness (QED) is 0.548. The van der Waals surface area contributed by atoms with Crippen molar-refractivity contribution < 1.29 is 24.2 Å². The van der Waals surface area contributed by atoms with Gasteiger partial charge in [0.2, 0.25) is 0 Å². The van der Waals surface area contributed by atoms with E-state index in [4.69, 9.17) is 21.4 Å². The van der Waals surface area contributed by atoms with E-state index in [2.05, 4.69) is 21.2 Å². The second kappa shape index (κ2) is 7.67. The van der Waals surface area contributed by atoms with Crippen LogP contribution in [0, 0.1) is 0 Å². The molecule has 1 aromatic carbocycles. The Labute approximate surface area is 151 Å². The van der Waals surface area contributed by atoms with Gasteiger partial charge in [-0.2, -0.15) is 0 Å². The number of carbonyl (C=O) groups excluding carboxylic acids is 2. The van der Waals surface area contributed by atoms with E-state index in [9.17, 15) is 14.4 Å². The number of urea groups is 1. The Morgan fingerprint density at radius 1 is 1.46 bits per heavy atom. The zero-order chi connectivity index (χ0) is 17.9. The second-order valence-electron chi connectivity index (χ2n) is 4.94. The van der Waals surface area contributed by atoms with Crippen molar-refractivity contribution in [2.24, 2.45) is 0 Å². The summed E-state index contributed by atoms with van der Waals surface area (Å²) in [7, 11) is 0. The van der Waals surface area contributed by atoms with Crippen molar-refractivity contribution in [3.05, 3.63) is 32.9 Å². The van der Waals surface area contributed by atoms with Crippen LogP contribution in [0.25, 0.3) is 6.08 Å². The fraction of sp³-hybridized carbons (Fsp3) is 0.267. The molecule has 7 nitrogen and oxygen atoms in total. The maximum Gasteiger partial charge on any atom is 0.341 e. The third kappa shape index (κ3) is 4.07. The highest BCUT2D eigenvalue weighted by molar-refractivity contribution is 9.10. The van der Waals surface area contributed by atoms with Crippen molar-refractivity contribution in [1.29, 1.82) is 0 Å². The number of carboxylic acid groups (broad SMARTS) is 1. The van der Waals surface area contributed by atoms with Crippen LogP contribution in [0.15, 0.2) is 22.3 Å². The largest absolute Gasteiger partial charge is 0.479 e. The summed E-state index contributed by atoms with van der Waals surface area (Å²) in [6, 6.07) is 2.66. The maximum atomic E-state index is 12.2. The van der Waals surface area contributed by atoms with Crippen LogP contribution in [0.3, 0.4) is 0 Å². The van der Waals surface area contributed by atoms with Gasteiger partial charge in [-0.15, -0.1) is 0 Å². The number of ether oxygens (including phenoxy) is 1. The Balaban J connectivity index is 2.26. The van der Waals surface area contributed by atoms with Gasteiger partial charge in [-0.05, 0) is 46.1 Å². The minimum absolute atomic E-state index is 0.149. The number of hydrogen-bond donors (Lipinski definition) is 2. The van der Waals surface area contributed by atoms with Crippen LogP contribution in [0.4, 0.5) is 4.79 Å². The average Bonchev–Trinajstić information content (AvgIpc) is 2.74. The summed E-state index contributed by atoms with van der Waals surface area (Å²) >= 11 is 9.33. The molecule has 0 spiro atoms. The third-order valence-electron chi connectivity index (χ3n) is 3.08. The van der Waals surface area contributed by atoms with Crippen LogP contribution in [-0.2, 0) is 9.59 Å². The number of aliphatic carboxylic acids is 1. The molecule has 0 bridgehead atoms. The van der Waals surface area contributed by atoms with Crippen LogP contribution < -0.4 is 10.1 Å². The van der Waals surface area contributed by atoms with Gasteiger partial charge in [-0.3, -0.25) is 9.69 Å². The van der Waals surface area contributed by atoms with E-state index in [1.165, 1.54) is 12.1 Å². The van der Waals surface area contributed by atoms with Crippen molar-refractivity contribution in [2.45, 2.75) is 13.3 Å². The molecule has 0 aromatic heterocycles. The molecule has 1 saturated heterocycles. The molecule has 0 radical (unpaired) electrons. The summed E-state index contributed by atoms with van der Waals surface area (Å²) in [5, 5.41) is 11.3. The van der Waals surface area contributed by atoms with Crippen molar-refractivity contribution in [2.75, 3.05) is 13.2 Å². The number of halogens is 2. The van der Waals surface area contributed by atoms with Crippen molar-refractivity contribution >= 4 is 51.5 Å². The first kappa shape index (κ1) is 18.3. The number of hydrogen-bond acceptors (Lipinski definition) is 4. The van der Waals surface area contributed by atoms with E-state index >= 15 is 0 Å². The molecule has 1 fully saturated rings. The van der Waals surface area contributed by atoms with E-state index in [0.717, 1.165) is 4.90 Å². The van der Waals surface area contributed by atoms with E-state index in [1.807, 2.05) is 6.92 Å². The van der Waals surface area contributed by atoms with Gasteiger partial charge in [0.05, 0.1) is 9.50 Å². The number of imide groups is 1. The number of nitrogens with zero attached hydrogens (tertiary/aromatic N) is 1. The normalized spacial score (nSPS) is 15.8. The number of rotatable bonds is 6. The molecule has 1 aliphatic rings. The molecule has 0 saturated carbocycles. The van der Waals surface area contributed by atoms with Gasteiger partial charge in [0, 0.05) is 6.54 Å². The molecule has 2 N–H and O–H groups in total. The minimum atomic E-state index is -1.13. The molecule has 3 amide bonds. The lowest BCUT2D eigenvalue weighted by atomic mass is 10.2. The summed E-state index contributed by atoms with van der Waals surface area (Å²) in [4.78, 5) is 35.6. The Hall–Kier alpha value is -2.06. The number of nitrogens with one attached hydrogen (secondary N) is 1. The molecule has 9 heteroatoms. The first-order valence-corrected chi connectivity index (χ1v) is 8.18. The standard InChI is InChI=1S/C15H14BrClN2O5/c1-2-3-19-14(22)11(18-15(19)23)6-8-4-9(16)13(10(17)5-8)24-7-12(20)21/h4-6H,2-3,7H2,1H3,(H,18,23)(H,20,21). The van der Waals surface area contributed by atoms with Gasteiger partial charge in [-0.1, -0.05) is 18.5 Å². The summed E-state index contributed by atoms with van der Waals surface area (Å²) in [6.07, 6.45) is 2.16. The van der Waals surface area contributed by atoms with Gasteiger partial charge in [0.15, 0.2) is 12.4 Å². The molecule has 1 aromatic rings. The molecule has 0 atom stereocenters. The molecule has 2 rings (SSSR count). The van der Waals surface area contributed by atoms with E-state index < -0.39 is 24.5 Å². The Morgan fingerprint density at radius 3 is 2.75 bits per heavy atom. The van der Waals surface area contributed by atoms with Crippen LogP contribution in [-0.4, -0.2) is 41.1 Å². The average molecular weight is 418 g/mol. The zero-order valence-corrected chi connectivity index (χ0v) is 15.0. The number of benzene rings is 1. The highest BCUT2D eigenvalue weighted by atomic mass is 79.9. The predicted octanol–water partition coefficient (Wildman–Crippen LogP) is 2.87. The van der Waals surface area contributed by atoms with Crippen molar-refractivity contribution in [3.8, 4) is 5.75 Å². The Morgan fingerprint density at radius 2 is 2.17 bits per heavy atom. The van der Waals surface area contributed by atoms with Gasteiger partial charge >= 0.3 is 12.0 Å². The highest BCUT2D eigenvalue weighted by Crippen LogP contribution is 2.35. The molecule has 0 unspecified atom stereocenters. The van der Waals surface area contributed by atoms with Crippen molar-refractivity contribution in [1.82, 2.24) is 10.2 Å². The van der Waals surface area contributed by atoms with Gasteiger partial charge in [0.1, 0.15) is 5.70 Å². The molecule has 1 heterocycles. The van der Waals surface area contributed by atoms with Crippen LogP contribution in [0.1, 0.15) is 18.9 Å². The topological polar surface area (TPSA) is 95.9 Å². The third-order valence-corrected chi connectivity index (χ3v) is 3.95. The highest BCUT2D eigenvalue weighted by Gasteiger charge is 2.32. The lowest BCUT2D eigenvalue weighted by Gasteiger charge is -2.10. The number of carboxylic acids is 1. The molecule has 24 heavy (non-hydrogen) atoms. The van der Waals surface area contributed by atoms with E-state index in [1.54, 1.807) is 6.07 Å². The van der Waals surface area contributed by atoms with Crippen molar-refractivity contribution in [3.63, 3.8) is 0 Å². The summed E-state index contributed by atoms with van der Waals surface area (Å²) in [5.74, 6) is -1.34. The van der Waals surface area contributed by atoms with Crippen LogP contribution >= 0.6 is 27.5 Å². The number of carbonyl (C=O) groups is 3. The fourth-order valence-corrected chi connectivity index (χ4v) is 3.09. The Bertz CT molecular complexity index is 712. The zero-order valence-electron chi connectivity index (χ0n) is 12.6. The summed E-state index contributed by atoms with van der Waals surface area (Å²) < 4.78 is 5.53. The van der Waals surface area contributed by atoms with E-state index in [-0.39, 0.29) is 16.5 Å². The lowest BCUT2D eigenvalue weighted by molar-refractivity contribution is -0.139. The SMILES string of the molecule is CCCN1C(=O)NC(=Cc2cc(Cl)c(OCC(=O)O)c(Br)c2)C1=O. The summed E-state index contributed by atoms with van der Waals surface area (Å²) in [5.41, 5.74) is 0.701.